The Morgan fingerprint density at radius 1 is 0.625 bits per heavy atom. The minimum atomic E-state index is 0. The third-order valence-corrected chi connectivity index (χ3v) is 0. The molecule has 0 nitrogen and oxygen atoms in total. The molecule has 0 heterocycles. The fraction of sp³-hybridized carbons (Fsp3) is 1.00. The maximum atomic E-state index is 2.10. The number of halogens is 2. The normalized spacial score (nSPS) is 4.50. The molecular weight excluding hydrogens is 183 g/mol. The standard InChI is InChI=1S/2C2H6S.2ClH/c2*1-3-2;;/h2*1-2H3;2*1H. The Kier molecular flexibility index (Phi) is 116. The Balaban J connectivity index is -0.0000000160. The van der Waals surface area contributed by atoms with Crippen molar-refractivity contribution in [2.75, 3.05) is 25.0 Å². The lowest BCUT2D eigenvalue weighted by Gasteiger charge is -1.38. The van der Waals surface area contributed by atoms with Crippen molar-refractivity contribution in [2.45, 2.75) is 0 Å². The molecule has 0 aliphatic carbocycles. The Morgan fingerprint density at radius 3 is 0.625 bits per heavy atom. The molecular formula is C4H14Cl2S2. The van der Waals surface area contributed by atoms with Crippen LogP contribution in [0.3, 0.4) is 0 Å². The molecule has 0 N–H and O–H groups in total. The molecule has 0 fully saturated rings. The van der Waals surface area contributed by atoms with E-state index in [1.54, 1.807) is 0 Å². The highest BCUT2D eigenvalue weighted by atomic mass is 35.5. The van der Waals surface area contributed by atoms with Crippen molar-refractivity contribution >= 4 is 23.5 Å². The van der Waals surface area contributed by atoms with Crippen LogP contribution in [-0.4, -0.2) is 25.0 Å². The quantitative estimate of drug-likeness (QED) is 0.268. The highest BCUT2D eigenvalue weighted by Gasteiger charge is 1.45. The van der Waals surface area contributed by atoms with Crippen molar-refractivity contribution < 1.29 is 24.8 Å². The van der Waals surface area contributed by atoms with Gasteiger partial charge in [0, 0.05) is 0 Å². The van der Waals surface area contributed by atoms with Gasteiger partial charge in [0.15, 0.2) is 0 Å². The summed E-state index contributed by atoms with van der Waals surface area (Å²) >= 11 is 2.83. The van der Waals surface area contributed by atoms with E-state index in [9.17, 15) is 0 Å². The maximum absolute atomic E-state index is 2.10. The zero-order valence-electron chi connectivity index (χ0n) is 5.65. The zero-order valence-corrected chi connectivity index (χ0v) is 8.95. The van der Waals surface area contributed by atoms with E-state index in [1.807, 2.05) is 0 Å². The smallest absolute Gasteiger partial charge is 0.0949 e. The number of thiol groups is 2. The summed E-state index contributed by atoms with van der Waals surface area (Å²) in [5.74, 6) is 0. The van der Waals surface area contributed by atoms with E-state index in [0.717, 1.165) is 0 Å². The predicted octanol–water partition coefficient (Wildman–Crippen LogP) is -5.87. The Hall–Kier alpha value is 1.28. The summed E-state index contributed by atoms with van der Waals surface area (Å²) in [5, 5.41) is 0. The molecule has 56 valence electrons. The van der Waals surface area contributed by atoms with Gasteiger partial charge in [-0.1, -0.05) is 0 Å². The fourth-order valence-corrected chi connectivity index (χ4v) is 0. The lowest BCUT2D eigenvalue weighted by molar-refractivity contribution is -0.001000. The predicted molar refractivity (Wildman–Crippen MR) is 41.2 cm³/mol. The summed E-state index contributed by atoms with van der Waals surface area (Å²) in [7, 11) is 0. The Labute approximate surface area is 73.4 Å². The van der Waals surface area contributed by atoms with E-state index >= 15 is 0 Å². The van der Waals surface area contributed by atoms with Crippen LogP contribution in [0.5, 0.6) is 0 Å². The van der Waals surface area contributed by atoms with Gasteiger partial charge in [0.05, 0.1) is 25.0 Å². The van der Waals surface area contributed by atoms with Crippen LogP contribution in [-0.2, 0) is 23.5 Å². The molecule has 0 aromatic carbocycles. The van der Waals surface area contributed by atoms with E-state index < -0.39 is 0 Å². The van der Waals surface area contributed by atoms with Crippen molar-refractivity contribution in [1.82, 2.24) is 0 Å². The van der Waals surface area contributed by atoms with Crippen LogP contribution in [0.4, 0.5) is 0 Å². The van der Waals surface area contributed by atoms with Gasteiger partial charge in [-0.3, -0.25) is 0 Å². The summed E-state index contributed by atoms with van der Waals surface area (Å²) in [6, 6.07) is 0. The first-order valence-corrected chi connectivity index (χ1v) is 5.37. The van der Waals surface area contributed by atoms with Gasteiger partial charge in [-0.25, -0.2) is 0 Å². The molecule has 0 aliphatic rings. The molecule has 8 heavy (non-hydrogen) atoms. The SMILES string of the molecule is C[SH+]C.C[SH+]C.[Cl-].[Cl-]. The third-order valence-electron chi connectivity index (χ3n) is 0. The van der Waals surface area contributed by atoms with Crippen LogP contribution in [0.2, 0.25) is 0 Å². The van der Waals surface area contributed by atoms with Gasteiger partial charge in [-0.15, -0.1) is 0 Å². The average molecular weight is 197 g/mol. The second kappa shape index (κ2) is 40.8. The van der Waals surface area contributed by atoms with Crippen LogP contribution in [0.15, 0.2) is 0 Å². The monoisotopic (exact) mass is 196 g/mol. The fourth-order valence-electron chi connectivity index (χ4n) is 0. The second-order valence-electron chi connectivity index (χ2n) is 0.894. The molecule has 0 saturated carbocycles. The maximum Gasteiger partial charge on any atom is 0.0949 e. The highest BCUT2D eigenvalue weighted by molar-refractivity contribution is 7.77. The van der Waals surface area contributed by atoms with Crippen LogP contribution in [0.1, 0.15) is 0 Å². The Morgan fingerprint density at radius 2 is 0.625 bits per heavy atom. The first-order valence-electron chi connectivity index (χ1n) is 1.79. The van der Waals surface area contributed by atoms with Crippen molar-refractivity contribution in [3.8, 4) is 0 Å². The largest absolute Gasteiger partial charge is 1.00 e. The molecule has 0 aromatic rings. The molecule has 0 aromatic heterocycles. The molecule has 0 spiro atoms. The van der Waals surface area contributed by atoms with E-state index in [1.165, 1.54) is 23.5 Å². The molecule has 0 unspecified atom stereocenters. The molecule has 0 saturated heterocycles. The third kappa shape index (κ3) is 175. The summed E-state index contributed by atoms with van der Waals surface area (Å²) in [5.41, 5.74) is 0. The van der Waals surface area contributed by atoms with E-state index in [4.69, 9.17) is 0 Å². The topological polar surface area (TPSA) is 0 Å². The van der Waals surface area contributed by atoms with Gasteiger partial charge in [-0.05, 0) is 23.5 Å². The van der Waals surface area contributed by atoms with Crippen LogP contribution in [0.25, 0.3) is 0 Å². The summed E-state index contributed by atoms with van der Waals surface area (Å²) in [6.07, 6.45) is 8.39. The minimum Gasteiger partial charge on any atom is -1.00 e. The lowest BCUT2D eigenvalue weighted by Crippen LogP contribution is -3.00. The van der Waals surface area contributed by atoms with Crippen LogP contribution >= 0.6 is 0 Å². The summed E-state index contributed by atoms with van der Waals surface area (Å²) in [6.45, 7) is 0. The van der Waals surface area contributed by atoms with E-state index in [-0.39, 0.29) is 24.8 Å². The summed E-state index contributed by atoms with van der Waals surface area (Å²) in [4.78, 5) is 0. The number of hydrogen-bond donors (Lipinski definition) is 0. The van der Waals surface area contributed by atoms with Gasteiger partial charge < -0.3 is 24.8 Å². The first-order chi connectivity index (χ1) is 2.83. The number of hydrogen-bond acceptors (Lipinski definition) is 0. The molecule has 0 amide bonds. The van der Waals surface area contributed by atoms with Crippen molar-refractivity contribution in [1.29, 1.82) is 0 Å². The van der Waals surface area contributed by atoms with Crippen LogP contribution in [0, 0.1) is 0 Å². The molecule has 0 radical (unpaired) electrons. The van der Waals surface area contributed by atoms with Crippen molar-refractivity contribution in [3.63, 3.8) is 0 Å². The molecule has 0 atom stereocenters. The van der Waals surface area contributed by atoms with Gasteiger partial charge in [0.1, 0.15) is 0 Å². The lowest BCUT2D eigenvalue weighted by atomic mass is 11.9. The van der Waals surface area contributed by atoms with Crippen molar-refractivity contribution in [2.24, 2.45) is 0 Å². The molecule has 0 aliphatic heterocycles. The van der Waals surface area contributed by atoms with Gasteiger partial charge >= 0.3 is 0 Å². The van der Waals surface area contributed by atoms with E-state index in [0.29, 0.717) is 0 Å². The van der Waals surface area contributed by atoms with Crippen molar-refractivity contribution in [3.05, 3.63) is 0 Å². The summed E-state index contributed by atoms with van der Waals surface area (Å²) < 4.78 is 0. The first kappa shape index (κ1) is 22.8. The van der Waals surface area contributed by atoms with Gasteiger partial charge in [0.2, 0.25) is 0 Å². The minimum absolute atomic E-state index is 0. The average Bonchev–Trinajstić information content (AvgIpc) is 1.39. The van der Waals surface area contributed by atoms with Crippen LogP contribution < -0.4 is 24.8 Å². The molecule has 0 bridgehead atoms. The number of rotatable bonds is 0. The van der Waals surface area contributed by atoms with E-state index in [2.05, 4.69) is 25.0 Å². The molecule has 0 rings (SSSR count). The highest BCUT2D eigenvalue weighted by Crippen LogP contribution is 1.32. The second-order valence-corrected chi connectivity index (χ2v) is 2.68. The Bertz CT molecular complexity index is 14.0. The molecule has 4 heteroatoms. The zero-order chi connectivity index (χ0) is 5.41. The van der Waals surface area contributed by atoms with Gasteiger partial charge in [-0.2, -0.15) is 0 Å². The van der Waals surface area contributed by atoms with Gasteiger partial charge in [0.25, 0.3) is 0 Å².